The van der Waals surface area contributed by atoms with Crippen LogP contribution in [0.4, 0.5) is 0 Å². The van der Waals surface area contributed by atoms with Gasteiger partial charge in [-0.15, -0.1) is 0 Å². The van der Waals surface area contributed by atoms with Crippen LogP contribution in [0.5, 0.6) is 0 Å². The van der Waals surface area contributed by atoms with Crippen LogP contribution in [0.1, 0.15) is 48.5 Å². The first-order chi connectivity index (χ1) is 9.61. The van der Waals surface area contributed by atoms with E-state index in [2.05, 4.69) is 4.90 Å². The average molecular weight is 276 g/mol. The summed E-state index contributed by atoms with van der Waals surface area (Å²) in [6, 6.07) is 7.69. The maximum Gasteiger partial charge on any atom is 0.248 e. The van der Waals surface area contributed by atoms with Crippen LogP contribution in [0.2, 0.25) is 0 Å². The van der Waals surface area contributed by atoms with Crippen LogP contribution < -0.4 is 5.73 Å². The number of nitrogens with two attached hydrogens (primary N) is 1. The second-order valence-corrected chi connectivity index (χ2v) is 5.57. The fraction of sp³-hybridized carbons (Fsp3) is 0.562. The Morgan fingerprint density at radius 1 is 1.40 bits per heavy atom. The Labute approximate surface area is 120 Å². The smallest absolute Gasteiger partial charge is 0.248 e. The van der Waals surface area contributed by atoms with E-state index < -0.39 is 5.91 Å². The molecular weight excluding hydrogens is 252 g/mol. The molecule has 1 heterocycles. The molecule has 2 rings (SSSR count). The molecule has 1 saturated heterocycles. The van der Waals surface area contributed by atoms with Gasteiger partial charge in [-0.25, -0.2) is 0 Å². The first-order valence-electron chi connectivity index (χ1n) is 7.42. The van der Waals surface area contributed by atoms with E-state index in [-0.39, 0.29) is 12.1 Å². The van der Waals surface area contributed by atoms with Gasteiger partial charge in [-0.2, -0.15) is 0 Å². The van der Waals surface area contributed by atoms with E-state index in [4.69, 9.17) is 5.73 Å². The van der Waals surface area contributed by atoms with Crippen molar-refractivity contribution in [3.05, 3.63) is 35.4 Å². The SMILES string of the molecule is CCC(O)C1CCCCN1Cc1ccc(C(N)=O)cc1. The molecule has 1 aliphatic heterocycles. The van der Waals surface area contributed by atoms with Gasteiger partial charge in [0.05, 0.1) is 6.10 Å². The zero-order valence-electron chi connectivity index (χ0n) is 12.1. The maximum atomic E-state index is 11.1. The maximum absolute atomic E-state index is 11.1. The minimum absolute atomic E-state index is 0.250. The van der Waals surface area contributed by atoms with Gasteiger partial charge in [0.15, 0.2) is 0 Å². The predicted molar refractivity (Wildman–Crippen MR) is 79.3 cm³/mol. The molecule has 4 heteroatoms. The number of rotatable bonds is 5. The first-order valence-corrected chi connectivity index (χ1v) is 7.42. The van der Waals surface area contributed by atoms with Crippen LogP contribution in [0, 0.1) is 0 Å². The third-order valence-electron chi connectivity index (χ3n) is 4.15. The third kappa shape index (κ3) is 3.58. The van der Waals surface area contributed by atoms with E-state index >= 15 is 0 Å². The van der Waals surface area contributed by atoms with Gasteiger partial charge < -0.3 is 10.8 Å². The number of aliphatic hydroxyl groups is 1. The molecule has 1 aromatic rings. The predicted octanol–water partition coefficient (Wildman–Crippen LogP) is 1.91. The number of amides is 1. The van der Waals surface area contributed by atoms with Crippen LogP contribution in [0.3, 0.4) is 0 Å². The van der Waals surface area contributed by atoms with Crippen LogP contribution in [-0.4, -0.2) is 34.6 Å². The highest BCUT2D eigenvalue weighted by atomic mass is 16.3. The van der Waals surface area contributed by atoms with Gasteiger partial charge in [-0.3, -0.25) is 9.69 Å². The lowest BCUT2D eigenvalue weighted by Gasteiger charge is -2.38. The van der Waals surface area contributed by atoms with Crippen molar-refractivity contribution in [2.24, 2.45) is 5.73 Å². The Bertz CT molecular complexity index is 444. The summed E-state index contributed by atoms with van der Waals surface area (Å²) >= 11 is 0. The Kier molecular flexibility index (Phi) is 5.15. The van der Waals surface area contributed by atoms with E-state index in [0.717, 1.165) is 31.5 Å². The van der Waals surface area contributed by atoms with Gasteiger partial charge in [0.2, 0.25) is 5.91 Å². The summed E-state index contributed by atoms with van der Waals surface area (Å²) in [6.45, 7) is 3.87. The molecular formula is C16H24N2O2. The monoisotopic (exact) mass is 276 g/mol. The highest BCUT2D eigenvalue weighted by molar-refractivity contribution is 5.92. The number of aliphatic hydroxyl groups excluding tert-OH is 1. The van der Waals surface area contributed by atoms with Crippen molar-refractivity contribution in [3.8, 4) is 0 Å². The molecule has 0 radical (unpaired) electrons. The Morgan fingerprint density at radius 3 is 2.70 bits per heavy atom. The molecule has 110 valence electrons. The number of likely N-dealkylation sites (tertiary alicyclic amines) is 1. The van der Waals surface area contributed by atoms with E-state index in [1.165, 1.54) is 12.8 Å². The molecule has 1 aromatic carbocycles. The van der Waals surface area contributed by atoms with Gasteiger partial charge in [-0.1, -0.05) is 25.5 Å². The molecule has 1 aliphatic rings. The lowest BCUT2D eigenvalue weighted by Crippen LogP contribution is -2.46. The van der Waals surface area contributed by atoms with Gasteiger partial charge in [0.1, 0.15) is 0 Å². The molecule has 20 heavy (non-hydrogen) atoms. The molecule has 3 N–H and O–H groups in total. The van der Waals surface area contributed by atoms with Crippen molar-refractivity contribution in [2.45, 2.75) is 51.3 Å². The Balaban J connectivity index is 2.04. The van der Waals surface area contributed by atoms with Gasteiger partial charge in [-0.05, 0) is 43.5 Å². The van der Waals surface area contributed by atoms with E-state index in [9.17, 15) is 9.90 Å². The number of primary amides is 1. The molecule has 2 atom stereocenters. The Morgan fingerprint density at radius 2 is 2.10 bits per heavy atom. The van der Waals surface area contributed by atoms with Gasteiger partial charge in [0.25, 0.3) is 0 Å². The summed E-state index contributed by atoms with van der Waals surface area (Å²) in [4.78, 5) is 13.4. The fourth-order valence-corrected chi connectivity index (χ4v) is 2.93. The molecule has 1 fully saturated rings. The zero-order chi connectivity index (χ0) is 14.5. The lowest BCUT2D eigenvalue weighted by atomic mass is 9.95. The van der Waals surface area contributed by atoms with Crippen molar-refractivity contribution in [2.75, 3.05) is 6.54 Å². The van der Waals surface area contributed by atoms with Crippen LogP contribution >= 0.6 is 0 Å². The molecule has 0 aliphatic carbocycles. The summed E-state index contributed by atoms with van der Waals surface area (Å²) in [5.74, 6) is -0.395. The average Bonchev–Trinajstić information content (AvgIpc) is 2.47. The zero-order valence-corrected chi connectivity index (χ0v) is 12.1. The quantitative estimate of drug-likeness (QED) is 0.863. The number of piperidine rings is 1. The van der Waals surface area contributed by atoms with Crippen LogP contribution in [0.15, 0.2) is 24.3 Å². The van der Waals surface area contributed by atoms with Crippen LogP contribution in [0.25, 0.3) is 0 Å². The number of carbonyl (C=O) groups excluding carboxylic acids is 1. The molecule has 0 spiro atoms. The number of benzene rings is 1. The van der Waals surface area contributed by atoms with Gasteiger partial charge >= 0.3 is 0 Å². The van der Waals surface area contributed by atoms with E-state index in [1.54, 1.807) is 12.1 Å². The topological polar surface area (TPSA) is 66.6 Å². The third-order valence-corrected chi connectivity index (χ3v) is 4.15. The summed E-state index contributed by atoms with van der Waals surface area (Å²) in [5, 5.41) is 10.1. The summed E-state index contributed by atoms with van der Waals surface area (Å²) in [5.41, 5.74) is 6.94. The Hall–Kier alpha value is -1.39. The number of carbonyl (C=O) groups is 1. The minimum Gasteiger partial charge on any atom is -0.392 e. The number of hydrogen-bond donors (Lipinski definition) is 2. The van der Waals surface area contributed by atoms with Crippen LogP contribution in [-0.2, 0) is 6.54 Å². The molecule has 0 aromatic heterocycles. The van der Waals surface area contributed by atoms with Crippen molar-refractivity contribution >= 4 is 5.91 Å². The van der Waals surface area contributed by atoms with E-state index in [1.807, 2.05) is 19.1 Å². The van der Waals surface area contributed by atoms with Crippen molar-refractivity contribution in [3.63, 3.8) is 0 Å². The molecule has 0 bridgehead atoms. The summed E-state index contributed by atoms with van der Waals surface area (Å²) in [6.07, 6.45) is 3.99. The molecule has 0 saturated carbocycles. The largest absolute Gasteiger partial charge is 0.392 e. The minimum atomic E-state index is -0.395. The highest BCUT2D eigenvalue weighted by Crippen LogP contribution is 2.23. The first kappa shape index (κ1) is 15.0. The summed E-state index contributed by atoms with van der Waals surface area (Å²) in [7, 11) is 0. The number of nitrogens with zero attached hydrogens (tertiary/aromatic N) is 1. The van der Waals surface area contributed by atoms with Crippen molar-refractivity contribution < 1.29 is 9.90 Å². The summed E-state index contributed by atoms with van der Waals surface area (Å²) < 4.78 is 0. The van der Waals surface area contributed by atoms with E-state index in [0.29, 0.717) is 5.56 Å². The molecule has 4 nitrogen and oxygen atoms in total. The molecule has 2 unspecified atom stereocenters. The lowest BCUT2D eigenvalue weighted by molar-refractivity contribution is 0.0195. The second-order valence-electron chi connectivity index (χ2n) is 5.57. The second kappa shape index (κ2) is 6.86. The number of hydrogen-bond acceptors (Lipinski definition) is 3. The molecule has 1 amide bonds. The standard InChI is InChI=1S/C16H24N2O2/c1-2-15(19)14-5-3-4-10-18(14)11-12-6-8-13(9-7-12)16(17)20/h6-9,14-15,19H,2-5,10-11H2,1H3,(H2,17,20). The fourth-order valence-electron chi connectivity index (χ4n) is 2.93. The van der Waals surface area contributed by atoms with Crippen molar-refractivity contribution in [1.82, 2.24) is 4.90 Å². The normalized spacial score (nSPS) is 21.6. The van der Waals surface area contributed by atoms with Gasteiger partial charge in [0, 0.05) is 18.2 Å². The van der Waals surface area contributed by atoms with Crippen molar-refractivity contribution in [1.29, 1.82) is 0 Å². The highest BCUT2D eigenvalue weighted by Gasteiger charge is 2.27.